The van der Waals surface area contributed by atoms with Crippen LogP contribution in [0.25, 0.3) is 0 Å². The molecular formula is C19H23N3O2S3. The third-order valence-corrected chi connectivity index (χ3v) is 7.78. The van der Waals surface area contributed by atoms with Gasteiger partial charge in [0.25, 0.3) is 0 Å². The number of rotatable bonds is 8. The molecule has 5 nitrogen and oxygen atoms in total. The van der Waals surface area contributed by atoms with Crippen molar-refractivity contribution in [1.29, 1.82) is 0 Å². The zero-order chi connectivity index (χ0) is 19.1. The van der Waals surface area contributed by atoms with Crippen LogP contribution in [0.15, 0.2) is 39.0 Å². The van der Waals surface area contributed by atoms with Crippen LogP contribution in [0, 0.1) is 5.92 Å². The molecule has 1 aromatic heterocycles. The fraction of sp³-hybridized carbons (Fsp3) is 0.474. The van der Waals surface area contributed by atoms with Crippen molar-refractivity contribution in [3.63, 3.8) is 0 Å². The lowest BCUT2D eigenvalue weighted by molar-refractivity contribution is -0.119. The van der Waals surface area contributed by atoms with Crippen molar-refractivity contribution in [1.82, 2.24) is 15.5 Å². The summed E-state index contributed by atoms with van der Waals surface area (Å²) >= 11 is 4.22. The maximum absolute atomic E-state index is 12.2. The standard InChI is InChI=1S/C19H23N3O2S3/c1-13-7-5-6-10-15(13)20-17(24)12-26-19-22-21-18(27-19)25-11-16(23)14-8-3-2-4-9-14/h2-4,8-9,13,15H,5-7,10-12H2,1H3,(H,20,24)/t13-,15-/m1/s1. The van der Waals surface area contributed by atoms with Gasteiger partial charge in [-0.05, 0) is 18.8 Å². The minimum absolute atomic E-state index is 0.0578. The van der Waals surface area contributed by atoms with E-state index in [2.05, 4.69) is 22.4 Å². The van der Waals surface area contributed by atoms with Crippen LogP contribution in [0.4, 0.5) is 0 Å². The van der Waals surface area contributed by atoms with E-state index in [0.717, 1.165) is 15.1 Å². The van der Waals surface area contributed by atoms with Gasteiger partial charge < -0.3 is 5.32 Å². The quantitative estimate of drug-likeness (QED) is 0.506. The molecule has 1 aliphatic rings. The average Bonchev–Trinajstić information content (AvgIpc) is 3.15. The number of aromatic nitrogens is 2. The molecule has 0 saturated heterocycles. The lowest BCUT2D eigenvalue weighted by Gasteiger charge is -2.29. The van der Waals surface area contributed by atoms with Crippen molar-refractivity contribution in [3.8, 4) is 0 Å². The minimum Gasteiger partial charge on any atom is -0.352 e. The van der Waals surface area contributed by atoms with Gasteiger partial charge in [-0.3, -0.25) is 9.59 Å². The van der Waals surface area contributed by atoms with Gasteiger partial charge >= 0.3 is 0 Å². The Bertz CT molecular complexity index is 767. The van der Waals surface area contributed by atoms with Gasteiger partial charge in [-0.25, -0.2) is 0 Å². The molecule has 8 heteroatoms. The number of benzene rings is 1. The Kier molecular flexibility index (Phi) is 7.72. The molecular weight excluding hydrogens is 398 g/mol. The topological polar surface area (TPSA) is 72.0 Å². The first-order chi connectivity index (χ1) is 13.1. The summed E-state index contributed by atoms with van der Waals surface area (Å²) in [6.07, 6.45) is 4.73. The van der Waals surface area contributed by atoms with Crippen molar-refractivity contribution in [2.45, 2.75) is 47.3 Å². The van der Waals surface area contributed by atoms with Gasteiger partial charge in [0.05, 0.1) is 11.5 Å². The molecule has 1 saturated carbocycles. The van der Waals surface area contributed by atoms with Crippen LogP contribution in [0.1, 0.15) is 43.0 Å². The van der Waals surface area contributed by atoms with Crippen LogP contribution >= 0.6 is 34.9 Å². The van der Waals surface area contributed by atoms with E-state index in [0.29, 0.717) is 29.0 Å². The minimum atomic E-state index is 0.0578. The normalized spacial score (nSPS) is 19.6. The highest BCUT2D eigenvalue weighted by Gasteiger charge is 2.22. The Morgan fingerprint density at radius 3 is 2.44 bits per heavy atom. The van der Waals surface area contributed by atoms with Gasteiger partial charge in [0.1, 0.15) is 0 Å². The first-order valence-corrected chi connectivity index (χ1v) is 11.9. The Balaban J connectivity index is 1.41. The molecule has 1 fully saturated rings. The second kappa shape index (κ2) is 10.2. The molecule has 2 atom stereocenters. The molecule has 1 aliphatic carbocycles. The Morgan fingerprint density at radius 2 is 1.74 bits per heavy atom. The summed E-state index contributed by atoms with van der Waals surface area (Å²) < 4.78 is 1.51. The van der Waals surface area contributed by atoms with Crippen LogP contribution in [0.2, 0.25) is 0 Å². The van der Waals surface area contributed by atoms with E-state index in [-0.39, 0.29) is 11.7 Å². The van der Waals surface area contributed by atoms with Crippen molar-refractivity contribution < 1.29 is 9.59 Å². The first kappa shape index (κ1) is 20.4. The molecule has 27 heavy (non-hydrogen) atoms. The Labute approximate surface area is 172 Å². The molecule has 2 aromatic rings. The fourth-order valence-corrected chi connectivity index (χ4v) is 5.78. The molecule has 1 heterocycles. The maximum Gasteiger partial charge on any atom is 0.230 e. The van der Waals surface area contributed by atoms with E-state index in [1.165, 1.54) is 54.1 Å². The predicted octanol–water partition coefficient (Wildman–Crippen LogP) is 4.30. The number of Topliss-reactive ketones (excluding diaryl/α,β-unsaturated/α-hetero) is 1. The number of hydrogen-bond donors (Lipinski definition) is 1. The summed E-state index contributed by atoms with van der Waals surface area (Å²) in [6.45, 7) is 2.21. The molecule has 0 aliphatic heterocycles. The van der Waals surface area contributed by atoms with Gasteiger partial charge in [-0.1, -0.05) is 85.0 Å². The number of ketones is 1. The van der Waals surface area contributed by atoms with Crippen LogP contribution in [0.3, 0.4) is 0 Å². The van der Waals surface area contributed by atoms with Crippen molar-refractivity contribution >= 4 is 46.6 Å². The highest BCUT2D eigenvalue weighted by atomic mass is 32.2. The van der Waals surface area contributed by atoms with Gasteiger partial charge in [0.15, 0.2) is 14.5 Å². The zero-order valence-electron chi connectivity index (χ0n) is 15.2. The zero-order valence-corrected chi connectivity index (χ0v) is 17.7. The number of thioether (sulfide) groups is 2. The molecule has 1 N–H and O–H groups in total. The second-order valence-electron chi connectivity index (χ2n) is 6.64. The number of carbonyl (C=O) groups is 2. The number of nitrogens with one attached hydrogen (secondary N) is 1. The van der Waals surface area contributed by atoms with Gasteiger partial charge in [0.2, 0.25) is 5.91 Å². The summed E-state index contributed by atoms with van der Waals surface area (Å²) in [5.41, 5.74) is 0.706. The average molecular weight is 422 g/mol. The van der Waals surface area contributed by atoms with Crippen molar-refractivity contribution in [3.05, 3.63) is 35.9 Å². The van der Waals surface area contributed by atoms with E-state index in [9.17, 15) is 9.59 Å². The lowest BCUT2D eigenvalue weighted by atomic mass is 9.86. The molecule has 1 amide bonds. The molecule has 3 rings (SSSR count). The largest absolute Gasteiger partial charge is 0.352 e. The molecule has 144 valence electrons. The highest BCUT2D eigenvalue weighted by molar-refractivity contribution is 8.03. The molecule has 0 radical (unpaired) electrons. The monoisotopic (exact) mass is 421 g/mol. The first-order valence-electron chi connectivity index (χ1n) is 9.08. The van der Waals surface area contributed by atoms with Crippen molar-refractivity contribution in [2.24, 2.45) is 5.92 Å². The number of hydrogen-bond acceptors (Lipinski definition) is 7. The van der Waals surface area contributed by atoms with Gasteiger partial charge in [0, 0.05) is 11.6 Å². The van der Waals surface area contributed by atoms with E-state index in [4.69, 9.17) is 0 Å². The Morgan fingerprint density at radius 1 is 1.07 bits per heavy atom. The van der Waals surface area contributed by atoms with Crippen LogP contribution in [-0.4, -0.2) is 39.4 Å². The number of amides is 1. The third-order valence-electron chi connectivity index (χ3n) is 4.60. The summed E-state index contributed by atoms with van der Waals surface area (Å²) in [5.74, 6) is 1.38. The van der Waals surface area contributed by atoms with E-state index in [1.54, 1.807) is 0 Å². The predicted molar refractivity (Wildman–Crippen MR) is 112 cm³/mol. The second-order valence-corrected chi connectivity index (χ2v) is 10.1. The van der Waals surface area contributed by atoms with E-state index in [1.807, 2.05) is 30.3 Å². The lowest BCUT2D eigenvalue weighted by Crippen LogP contribution is -2.41. The smallest absolute Gasteiger partial charge is 0.230 e. The molecule has 0 unspecified atom stereocenters. The van der Waals surface area contributed by atoms with Crippen molar-refractivity contribution in [2.75, 3.05) is 11.5 Å². The van der Waals surface area contributed by atoms with E-state index >= 15 is 0 Å². The summed E-state index contributed by atoms with van der Waals surface area (Å²) in [5, 5.41) is 11.4. The summed E-state index contributed by atoms with van der Waals surface area (Å²) in [4.78, 5) is 24.3. The summed E-state index contributed by atoms with van der Waals surface area (Å²) in [7, 11) is 0. The summed E-state index contributed by atoms with van der Waals surface area (Å²) in [6, 6.07) is 9.54. The van der Waals surface area contributed by atoms with Gasteiger partial charge in [-0.15, -0.1) is 10.2 Å². The Hall–Kier alpha value is -1.38. The molecule has 0 bridgehead atoms. The van der Waals surface area contributed by atoms with Crippen LogP contribution in [0.5, 0.6) is 0 Å². The van der Waals surface area contributed by atoms with E-state index < -0.39 is 0 Å². The number of nitrogens with zero attached hydrogens (tertiary/aromatic N) is 2. The van der Waals surface area contributed by atoms with Gasteiger partial charge in [-0.2, -0.15) is 0 Å². The fourth-order valence-electron chi connectivity index (χ4n) is 3.05. The highest BCUT2D eigenvalue weighted by Crippen LogP contribution is 2.29. The van der Waals surface area contributed by atoms with Crippen LogP contribution in [-0.2, 0) is 4.79 Å². The maximum atomic E-state index is 12.2. The van der Waals surface area contributed by atoms with Crippen LogP contribution < -0.4 is 5.32 Å². The third kappa shape index (κ3) is 6.33. The molecule has 1 aromatic carbocycles. The SMILES string of the molecule is C[C@@H]1CCCC[C@H]1NC(=O)CSc1nnc(SCC(=O)c2ccccc2)s1. The molecule has 0 spiro atoms. The number of carbonyl (C=O) groups excluding carboxylic acids is 2.